The topological polar surface area (TPSA) is 82.2 Å². The smallest absolute Gasteiger partial charge is 0.227 e. The lowest BCUT2D eigenvalue weighted by atomic mass is 9.79. The third kappa shape index (κ3) is 4.44. The van der Waals surface area contributed by atoms with Crippen molar-refractivity contribution in [3.63, 3.8) is 0 Å². The van der Waals surface area contributed by atoms with Crippen molar-refractivity contribution in [2.75, 3.05) is 26.3 Å². The second-order valence-electron chi connectivity index (χ2n) is 5.86. The number of nitrogens with two attached hydrogens (primary N) is 1. The average Bonchev–Trinajstić information content (AvgIpc) is 2.82. The SMILES string of the molecule is Cc1cc(C)n(CCCNC(=O)C2(CN)CCOCC2)n1.Cl. The maximum absolute atomic E-state index is 12.4. The summed E-state index contributed by atoms with van der Waals surface area (Å²) in [5.41, 5.74) is 7.58. The van der Waals surface area contributed by atoms with Gasteiger partial charge in [-0.05, 0) is 39.2 Å². The molecule has 0 atom stereocenters. The molecule has 0 aliphatic carbocycles. The highest BCUT2D eigenvalue weighted by molar-refractivity contribution is 5.85. The van der Waals surface area contributed by atoms with Crippen LogP contribution in [0.4, 0.5) is 0 Å². The van der Waals surface area contributed by atoms with Gasteiger partial charge >= 0.3 is 0 Å². The molecule has 0 unspecified atom stereocenters. The van der Waals surface area contributed by atoms with E-state index in [0.29, 0.717) is 39.1 Å². The van der Waals surface area contributed by atoms with E-state index >= 15 is 0 Å². The second-order valence-corrected chi connectivity index (χ2v) is 5.86. The van der Waals surface area contributed by atoms with Gasteiger partial charge in [0.05, 0.1) is 11.1 Å². The third-order valence-corrected chi connectivity index (χ3v) is 4.26. The number of halogens is 1. The zero-order chi connectivity index (χ0) is 15.3. The van der Waals surface area contributed by atoms with Gasteiger partial charge in [-0.1, -0.05) is 0 Å². The molecule has 1 saturated heterocycles. The first-order chi connectivity index (χ1) is 10.1. The predicted molar refractivity (Wildman–Crippen MR) is 88.1 cm³/mol. The molecule has 22 heavy (non-hydrogen) atoms. The molecule has 0 radical (unpaired) electrons. The Bertz CT molecular complexity index is 484. The fraction of sp³-hybridized carbons (Fsp3) is 0.733. The van der Waals surface area contributed by atoms with E-state index in [1.807, 2.05) is 18.5 Å². The van der Waals surface area contributed by atoms with Crippen molar-refractivity contribution in [3.8, 4) is 0 Å². The minimum Gasteiger partial charge on any atom is -0.381 e. The molecule has 0 spiro atoms. The van der Waals surface area contributed by atoms with Crippen LogP contribution in [0.2, 0.25) is 0 Å². The zero-order valence-electron chi connectivity index (χ0n) is 13.4. The summed E-state index contributed by atoms with van der Waals surface area (Å²) in [6, 6.07) is 2.06. The van der Waals surface area contributed by atoms with Crippen LogP contribution >= 0.6 is 12.4 Å². The van der Waals surface area contributed by atoms with Crippen molar-refractivity contribution >= 4 is 18.3 Å². The molecule has 6 nitrogen and oxygen atoms in total. The Labute approximate surface area is 138 Å². The number of nitrogens with one attached hydrogen (secondary N) is 1. The molecular formula is C15H27ClN4O2. The molecule has 126 valence electrons. The fourth-order valence-corrected chi connectivity index (χ4v) is 2.81. The van der Waals surface area contributed by atoms with E-state index in [0.717, 1.165) is 24.4 Å². The van der Waals surface area contributed by atoms with Crippen molar-refractivity contribution in [2.24, 2.45) is 11.1 Å². The van der Waals surface area contributed by atoms with E-state index in [4.69, 9.17) is 10.5 Å². The van der Waals surface area contributed by atoms with E-state index < -0.39 is 5.41 Å². The third-order valence-electron chi connectivity index (χ3n) is 4.26. The summed E-state index contributed by atoms with van der Waals surface area (Å²) in [4.78, 5) is 12.4. The van der Waals surface area contributed by atoms with Crippen LogP contribution in [0.3, 0.4) is 0 Å². The average molecular weight is 331 g/mol. The van der Waals surface area contributed by atoms with Crippen molar-refractivity contribution in [1.29, 1.82) is 0 Å². The minimum atomic E-state index is -0.434. The van der Waals surface area contributed by atoms with Gasteiger partial charge < -0.3 is 15.8 Å². The van der Waals surface area contributed by atoms with Crippen LogP contribution in [0.15, 0.2) is 6.07 Å². The van der Waals surface area contributed by atoms with Gasteiger partial charge in [0.2, 0.25) is 5.91 Å². The first kappa shape index (κ1) is 18.9. The quantitative estimate of drug-likeness (QED) is 0.767. The van der Waals surface area contributed by atoms with Crippen LogP contribution in [-0.4, -0.2) is 42.0 Å². The lowest BCUT2D eigenvalue weighted by molar-refractivity contribution is -0.135. The largest absolute Gasteiger partial charge is 0.381 e. The Balaban J connectivity index is 0.00000242. The Morgan fingerprint density at radius 2 is 2.14 bits per heavy atom. The van der Waals surface area contributed by atoms with E-state index in [9.17, 15) is 4.79 Å². The molecule has 0 saturated carbocycles. The van der Waals surface area contributed by atoms with Crippen LogP contribution in [0.1, 0.15) is 30.7 Å². The normalized spacial score (nSPS) is 16.9. The van der Waals surface area contributed by atoms with E-state index in [1.165, 1.54) is 0 Å². The highest BCUT2D eigenvalue weighted by atomic mass is 35.5. The van der Waals surface area contributed by atoms with Gasteiger partial charge in [-0.2, -0.15) is 5.10 Å². The summed E-state index contributed by atoms with van der Waals surface area (Å²) in [6.45, 7) is 7.14. The van der Waals surface area contributed by atoms with E-state index in [-0.39, 0.29) is 18.3 Å². The number of aryl methyl sites for hydroxylation is 3. The number of hydrogen-bond acceptors (Lipinski definition) is 4. The molecule has 0 aromatic carbocycles. The first-order valence-corrected chi connectivity index (χ1v) is 7.64. The fourth-order valence-electron chi connectivity index (χ4n) is 2.81. The van der Waals surface area contributed by atoms with Crippen LogP contribution in [-0.2, 0) is 16.1 Å². The molecule has 2 rings (SSSR count). The highest BCUT2D eigenvalue weighted by Crippen LogP contribution is 2.29. The molecular weight excluding hydrogens is 304 g/mol. The number of carbonyl (C=O) groups excluding carboxylic acids is 1. The molecule has 1 fully saturated rings. The lowest BCUT2D eigenvalue weighted by Crippen LogP contribution is -2.49. The van der Waals surface area contributed by atoms with Gasteiger partial charge in [-0.15, -0.1) is 12.4 Å². The maximum Gasteiger partial charge on any atom is 0.227 e. The lowest BCUT2D eigenvalue weighted by Gasteiger charge is -2.34. The molecule has 7 heteroatoms. The molecule has 1 aliphatic heterocycles. The summed E-state index contributed by atoms with van der Waals surface area (Å²) >= 11 is 0. The van der Waals surface area contributed by atoms with Crippen LogP contribution in [0.5, 0.6) is 0 Å². The molecule has 1 aromatic rings. The van der Waals surface area contributed by atoms with Gasteiger partial charge in [0.15, 0.2) is 0 Å². The summed E-state index contributed by atoms with van der Waals surface area (Å²) < 4.78 is 7.31. The zero-order valence-corrected chi connectivity index (χ0v) is 14.2. The number of rotatable bonds is 6. The van der Waals surface area contributed by atoms with Gasteiger partial charge in [0.1, 0.15) is 0 Å². The van der Waals surface area contributed by atoms with Crippen LogP contribution < -0.4 is 11.1 Å². The summed E-state index contributed by atoms with van der Waals surface area (Å²) in [7, 11) is 0. The van der Waals surface area contributed by atoms with Gasteiger partial charge in [0.25, 0.3) is 0 Å². The highest BCUT2D eigenvalue weighted by Gasteiger charge is 2.38. The minimum absolute atomic E-state index is 0. The summed E-state index contributed by atoms with van der Waals surface area (Å²) in [5, 5.41) is 7.44. The monoisotopic (exact) mass is 330 g/mol. The number of carbonyl (C=O) groups is 1. The number of nitrogens with zero attached hydrogens (tertiary/aromatic N) is 2. The Morgan fingerprint density at radius 3 is 2.68 bits per heavy atom. The second kappa shape index (κ2) is 8.50. The number of amides is 1. The molecule has 0 bridgehead atoms. The van der Waals surface area contributed by atoms with Crippen LogP contribution in [0.25, 0.3) is 0 Å². The van der Waals surface area contributed by atoms with E-state index in [2.05, 4.69) is 16.5 Å². The number of hydrogen-bond donors (Lipinski definition) is 2. The standard InChI is InChI=1S/C15H26N4O2.ClH/c1-12-10-13(2)19(18-12)7-3-6-17-14(20)15(11-16)4-8-21-9-5-15;/h10H,3-9,11,16H2,1-2H3,(H,17,20);1H. The summed E-state index contributed by atoms with van der Waals surface area (Å²) in [5.74, 6) is 0.0710. The number of aromatic nitrogens is 2. The molecule has 1 aromatic heterocycles. The van der Waals surface area contributed by atoms with Crippen molar-refractivity contribution in [2.45, 2.75) is 39.7 Å². The van der Waals surface area contributed by atoms with Gasteiger partial charge in [-0.3, -0.25) is 9.48 Å². The predicted octanol–water partition coefficient (Wildman–Crippen LogP) is 1.18. The Kier molecular flexibility index (Phi) is 7.32. The maximum atomic E-state index is 12.4. The molecule has 1 aliphatic rings. The van der Waals surface area contributed by atoms with Crippen molar-refractivity contribution in [3.05, 3.63) is 17.5 Å². The molecule has 2 heterocycles. The van der Waals surface area contributed by atoms with Gasteiger partial charge in [-0.25, -0.2) is 0 Å². The number of ether oxygens (including phenoxy) is 1. The molecule has 3 N–H and O–H groups in total. The van der Waals surface area contributed by atoms with Gasteiger partial charge in [0, 0.05) is 38.5 Å². The Morgan fingerprint density at radius 1 is 1.45 bits per heavy atom. The van der Waals surface area contributed by atoms with E-state index in [1.54, 1.807) is 0 Å². The van der Waals surface area contributed by atoms with Crippen LogP contribution in [0, 0.1) is 19.3 Å². The Hall–Kier alpha value is -1.11. The molecule has 1 amide bonds. The first-order valence-electron chi connectivity index (χ1n) is 7.64. The summed E-state index contributed by atoms with van der Waals surface area (Å²) in [6.07, 6.45) is 2.30. The van der Waals surface area contributed by atoms with Crippen molar-refractivity contribution < 1.29 is 9.53 Å². The van der Waals surface area contributed by atoms with Crippen molar-refractivity contribution in [1.82, 2.24) is 15.1 Å².